The number of hydrogen-bond acceptors (Lipinski definition) is 1. The van der Waals surface area contributed by atoms with Crippen LogP contribution in [0, 0.1) is 5.82 Å². The van der Waals surface area contributed by atoms with Gasteiger partial charge in [0.2, 0.25) is 0 Å². The minimum absolute atomic E-state index is 0.0870. The Kier molecular flexibility index (Phi) is 4.18. The molecular weight excluding hydrogens is 231 g/mol. The summed E-state index contributed by atoms with van der Waals surface area (Å²) in [6.45, 7) is 2.49. The van der Waals surface area contributed by atoms with Crippen LogP contribution >= 0.6 is 0 Å². The first kappa shape index (κ1) is 12.9. The van der Waals surface area contributed by atoms with Gasteiger partial charge in [0.05, 0.1) is 0 Å². The van der Waals surface area contributed by atoms with Gasteiger partial charge in [-0.2, -0.15) is 0 Å². The van der Waals surface area contributed by atoms with E-state index in [9.17, 15) is 9.18 Å². The van der Waals surface area contributed by atoms with Gasteiger partial charge in [-0.3, -0.25) is 4.90 Å². The fraction of sp³-hybridized carbons (Fsp3) is 0.500. The molecule has 1 N–H and O–H groups in total. The molecule has 1 saturated carbocycles. The van der Waals surface area contributed by atoms with E-state index in [0.717, 1.165) is 18.5 Å². The molecule has 0 aromatic heterocycles. The third kappa shape index (κ3) is 3.00. The molecule has 0 atom stereocenters. The summed E-state index contributed by atoms with van der Waals surface area (Å²) in [5.41, 5.74) is 0.731. The second-order valence-corrected chi connectivity index (χ2v) is 4.65. The van der Waals surface area contributed by atoms with Crippen LogP contribution in [0.15, 0.2) is 24.3 Å². The van der Waals surface area contributed by atoms with Crippen LogP contribution in [0.4, 0.5) is 14.9 Å². The van der Waals surface area contributed by atoms with Crippen molar-refractivity contribution in [2.45, 2.75) is 38.6 Å². The highest BCUT2D eigenvalue weighted by atomic mass is 19.1. The van der Waals surface area contributed by atoms with E-state index in [1.165, 1.54) is 25.0 Å². The maximum Gasteiger partial charge on any atom is 0.322 e. The molecular formula is C14H19FN2O. The number of halogens is 1. The highest BCUT2D eigenvalue weighted by molar-refractivity contribution is 5.92. The van der Waals surface area contributed by atoms with Crippen LogP contribution in [0.2, 0.25) is 0 Å². The van der Waals surface area contributed by atoms with E-state index < -0.39 is 0 Å². The average molecular weight is 250 g/mol. The number of nitrogens with zero attached hydrogens (tertiary/aromatic N) is 1. The van der Waals surface area contributed by atoms with Gasteiger partial charge in [0, 0.05) is 18.3 Å². The highest BCUT2D eigenvalue weighted by Gasteiger charge is 2.20. The normalized spacial score (nSPS) is 15.7. The van der Waals surface area contributed by atoms with Gasteiger partial charge in [-0.1, -0.05) is 12.8 Å². The lowest BCUT2D eigenvalue weighted by Crippen LogP contribution is -2.44. The molecule has 0 unspecified atom stereocenters. The van der Waals surface area contributed by atoms with Crippen LogP contribution < -0.4 is 10.2 Å². The number of urea groups is 1. The lowest BCUT2D eigenvalue weighted by molar-refractivity contribution is 0.243. The van der Waals surface area contributed by atoms with Crippen molar-refractivity contribution >= 4 is 11.7 Å². The zero-order chi connectivity index (χ0) is 13.0. The van der Waals surface area contributed by atoms with Crippen LogP contribution in [0.3, 0.4) is 0 Å². The summed E-state index contributed by atoms with van der Waals surface area (Å²) in [5.74, 6) is -0.286. The van der Waals surface area contributed by atoms with Crippen LogP contribution in [-0.4, -0.2) is 18.6 Å². The van der Waals surface area contributed by atoms with Crippen LogP contribution in [-0.2, 0) is 0 Å². The zero-order valence-corrected chi connectivity index (χ0v) is 10.7. The van der Waals surface area contributed by atoms with Crippen LogP contribution in [0.5, 0.6) is 0 Å². The number of nitrogens with one attached hydrogen (secondary N) is 1. The average Bonchev–Trinajstić information content (AvgIpc) is 2.85. The van der Waals surface area contributed by atoms with Gasteiger partial charge in [-0.15, -0.1) is 0 Å². The monoisotopic (exact) mass is 250 g/mol. The summed E-state index contributed by atoms with van der Waals surface area (Å²) in [7, 11) is 0. The van der Waals surface area contributed by atoms with Crippen molar-refractivity contribution in [3.05, 3.63) is 30.1 Å². The highest BCUT2D eigenvalue weighted by Crippen LogP contribution is 2.19. The van der Waals surface area contributed by atoms with Gasteiger partial charge >= 0.3 is 6.03 Å². The number of rotatable bonds is 3. The number of hydrogen-bond donors (Lipinski definition) is 1. The molecule has 1 aliphatic rings. The Hall–Kier alpha value is -1.58. The third-order valence-electron chi connectivity index (χ3n) is 3.38. The first-order valence-electron chi connectivity index (χ1n) is 6.54. The maximum atomic E-state index is 12.9. The Morgan fingerprint density at radius 1 is 1.33 bits per heavy atom. The summed E-state index contributed by atoms with van der Waals surface area (Å²) >= 11 is 0. The van der Waals surface area contributed by atoms with Gasteiger partial charge < -0.3 is 5.32 Å². The minimum Gasteiger partial charge on any atom is -0.335 e. The number of benzene rings is 1. The molecule has 2 rings (SSSR count). The molecule has 18 heavy (non-hydrogen) atoms. The molecule has 3 nitrogen and oxygen atoms in total. The van der Waals surface area contributed by atoms with E-state index in [1.54, 1.807) is 17.0 Å². The van der Waals surface area contributed by atoms with Gasteiger partial charge in [-0.05, 0) is 44.0 Å². The standard InChI is InChI=1S/C14H19FN2O/c1-2-17(13-9-7-11(15)8-10-13)14(18)16-12-5-3-4-6-12/h7-10,12H,2-6H2,1H3,(H,16,18). The Labute approximate surface area is 107 Å². The SMILES string of the molecule is CCN(C(=O)NC1CCCC1)c1ccc(F)cc1. The first-order valence-corrected chi connectivity index (χ1v) is 6.54. The van der Waals surface area contributed by atoms with Crippen molar-refractivity contribution in [1.82, 2.24) is 5.32 Å². The predicted octanol–water partition coefficient (Wildman–Crippen LogP) is 3.30. The van der Waals surface area contributed by atoms with Crippen molar-refractivity contribution in [3.8, 4) is 0 Å². The van der Waals surface area contributed by atoms with Crippen molar-refractivity contribution in [1.29, 1.82) is 0 Å². The quantitative estimate of drug-likeness (QED) is 0.877. The molecule has 1 fully saturated rings. The van der Waals surface area contributed by atoms with Gasteiger partial charge in [0.15, 0.2) is 0 Å². The minimum atomic E-state index is -0.286. The Morgan fingerprint density at radius 3 is 2.50 bits per heavy atom. The third-order valence-corrected chi connectivity index (χ3v) is 3.38. The second-order valence-electron chi connectivity index (χ2n) is 4.65. The largest absolute Gasteiger partial charge is 0.335 e. The molecule has 4 heteroatoms. The van der Waals surface area contributed by atoms with E-state index in [0.29, 0.717) is 12.6 Å². The lowest BCUT2D eigenvalue weighted by Gasteiger charge is -2.23. The second kappa shape index (κ2) is 5.85. The molecule has 0 spiro atoms. The van der Waals surface area contributed by atoms with Crippen LogP contribution in [0.1, 0.15) is 32.6 Å². The smallest absolute Gasteiger partial charge is 0.322 e. The van der Waals surface area contributed by atoms with E-state index in [1.807, 2.05) is 6.92 Å². The summed E-state index contributed by atoms with van der Waals surface area (Å²) in [4.78, 5) is 13.8. The number of carbonyl (C=O) groups excluding carboxylic acids is 1. The molecule has 0 radical (unpaired) electrons. The van der Waals surface area contributed by atoms with E-state index >= 15 is 0 Å². The maximum absolute atomic E-state index is 12.9. The Balaban J connectivity index is 2.02. The summed E-state index contributed by atoms with van der Waals surface area (Å²) in [5, 5.41) is 3.04. The lowest BCUT2D eigenvalue weighted by atomic mass is 10.2. The summed E-state index contributed by atoms with van der Waals surface area (Å²) < 4.78 is 12.9. The van der Waals surface area contributed by atoms with Gasteiger partial charge in [-0.25, -0.2) is 9.18 Å². The molecule has 1 aliphatic carbocycles. The molecule has 2 amide bonds. The summed E-state index contributed by atoms with van der Waals surface area (Å²) in [6.07, 6.45) is 4.50. The fourth-order valence-corrected chi connectivity index (χ4v) is 2.39. The van der Waals surface area contributed by atoms with Gasteiger partial charge in [0.1, 0.15) is 5.82 Å². The predicted molar refractivity (Wildman–Crippen MR) is 70.2 cm³/mol. The molecule has 0 heterocycles. The Morgan fingerprint density at radius 2 is 1.94 bits per heavy atom. The van der Waals surface area contributed by atoms with E-state index in [2.05, 4.69) is 5.32 Å². The van der Waals surface area contributed by atoms with E-state index in [4.69, 9.17) is 0 Å². The van der Waals surface area contributed by atoms with Crippen molar-refractivity contribution < 1.29 is 9.18 Å². The number of anilines is 1. The number of carbonyl (C=O) groups is 1. The number of amides is 2. The van der Waals surface area contributed by atoms with E-state index in [-0.39, 0.29) is 11.8 Å². The van der Waals surface area contributed by atoms with Gasteiger partial charge in [0.25, 0.3) is 0 Å². The molecule has 1 aromatic carbocycles. The van der Waals surface area contributed by atoms with Crippen LogP contribution in [0.25, 0.3) is 0 Å². The molecule has 1 aromatic rings. The zero-order valence-electron chi connectivity index (χ0n) is 10.7. The van der Waals surface area contributed by atoms with Crippen molar-refractivity contribution in [3.63, 3.8) is 0 Å². The van der Waals surface area contributed by atoms with Crippen molar-refractivity contribution in [2.75, 3.05) is 11.4 Å². The van der Waals surface area contributed by atoms with Crippen molar-refractivity contribution in [2.24, 2.45) is 0 Å². The molecule has 0 aliphatic heterocycles. The molecule has 98 valence electrons. The summed E-state index contributed by atoms with van der Waals surface area (Å²) in [6, 6.07) is 6.23. The molecule has 0 bridgehead atoms. The fourth-order valence-electron chi connectivity index (χ4n) is 2.39. The Bertz CT molecular complexity index is 399. The molecule has 0 saturated heterocycles. The first-order chi connectivity index (χ1) is 8.70. The topological polar surface area (TPSA) is 32.3 Å².